The Morgan fingerprint density at radius 3 is 2.32 bits per heavy atom. The third-order valence-corrected chi connectivity index (χ3v) is 5.55. The number of piperazine rings is 1. The minimum absolute atomic E-state index is 0.0599. The number of likely N-dealkylation sites (N-methyl/N-ethyl adjacent to an activating group) is 1. The number of nitrogens with zero attached hydrogens (tertiary/aromatic N) is 2. The van der Waals surface area contributed by atoms with E-state index in [9.17, 15) is 0 Å². The molecule has 1 heterocycles. The number of ether oxygens (including phenoxy) is 1. The molecule has 0 spiro atoms. The Morgan fingerprint density at radius 2 is 1.68 bits per heavy atom. The Labute approximate surface area is 164 Å². The van der Waals surface area contributed by atoms with Crippen LogP contribution in [0.15, 0.2) is 42.5 Å². The molecule has 2 atom stereocenters. The summed E-state index contributed by atoms with van der Waals surface area (Å²) in [4.78, 5) is 4.70. The van der Waals surface area contributed by atoms with Crippen molar-refractivity contribution >= 4 is 40.5 Å². The van der Waals surface area contributed by atoms with Gasteiger partial charge in [0.05, 0.1) is 18.7 Å². The van der Waals surface area contributed by atoms with Crippen LogP contribution in [0.1, 0.15) is 11.6 Å². The van der Waals surface area contributed by atoms with Gasteiger partial charge in [-0.1, -0.05) is 40.9 Å². The van der Waals surface area contributed by atoms with E-state index >= 15 is 0 Å². The van der Waals surface area contributed by atoms with E-state index in [1.165, 1.54) is 0 Å². The molecule has 25 heavy (non-hydrogen) atoms. The second-order valence-electron chi connectivity index (χ2n) is 6.28. The maximum atomic E-state index is 6.56. The fourth-order valence-electron chi connectivity index (χ4n) is 3.45. The molecule has 0 aliphatic carbocycles. The molecule has 0 amide bonds. The van der Waals surface area contributed by atoms with Gasteiger partial charge in [0.25, 0.3) is 0 Å². The molecule has 0 saturated carbocycles. The van der Waals surface area contributed by atoms with E-state index in [1.807, 2.05) is 36.4 Å². The monoisotopic (exact) mass is 398 g/mol. The van der Waals surface area contributed by atoms with Crippen molar-refractivity contribution in [1.29, 1.82) is 0 Å². The molecule has 2 unspecified atom stereocenters. The molecule has 1 saturated heterocycles. The molecular weight excluding hydrogens is 379 g/mol. The summed E-state index contributed by atoms with van der Waals surface area (Å²) in [6, 6.07) is 13.9. The average molecular weight is 400 g/mol. The Kier molecular flexibility index (Phi) is 6.13. The molecule has 3 nitrogen and oxygen atoms in total. The third kappa shape index (κ3) is 4.07. The van der Waals surface area contributed by atoms with Crippen LogP contribution in [0.25, 0.3) is 0 Å². The SMILES string of the molecule is COCC1C(c2ccc(Cl)cc2Cl)N(c2ccc(Cl)cc2)CCN1C. The average Bonchev–Trinajstić information content (AvgIpc) is 2.58. The number of hydrogen-bond donors (Lipinski definition) is 0. The molecule has 0 aromatic heterocycles. The van der Waals surface area contributed by atoms with E-state index in [2.05, 4.69) is 16.8 Å². The molecular formula is C19H21Cl3N2O. The zero-order chi connectivity index (χ0) is 18.0. The van der Waals surface area contributed by atoms with Crippen molar-refractivity contribution in [3.8, 4) is 0 Å². The summed E-state index contributed by atoms with van der Waals surface area (Å²) in [6.45, 7) is 2.45. The largest absolute Gasteiger partial charge is 0.383 e. The Bertz CT molecular complexity index is 723. The normalized spacial score (nSPS) is 21.6. The van der Waals surface area contributed by atoms with Gasteiger partial charge in [-0.3, -0.25) is 4.90 Å². The summed E-state index contributed by atoms with van der Waals surface area (Å²) in [6.07, 6.45) is 0. The molecule has 0 bridgehead atoms. The first-order chi connectivity index (χ1) is 12.0. The predicted octanol–water partition coefficient (Wildman–Crippen LogP) is 5.15. The van der Waals surface area contributed by atoms with Crippen molar-refractivity contribution in [2.45, 2.75) is 12.1 Å². The molecule has 0 N–H and O–H groups in total. The molecule has 134 valence electrons. The zero-order valence-corrected chi connectivity index (χ0v) is 16.5. The van der Waals surface area contributed by atoms with E-state index in [4.69, 9.17) is 39.5 Å². The van der Waals surface area contributed by atoms with Crippen molar-refractivity contribution < 1.29 is 4.74 Å². The number of rotatable bonds is 4. The van der Waals surface area contributed by atoms with E-state index in [0.29, 0.717) is 16.7 Å². The lowest BCUT2D eigenvalue weighted by molar-refractivity contribution is 0.0745. The van der Waals surface area contributed by atoms with Crippen LogP contribution in [0.4, 0.5) is 5.69 Å². The van der Waals surface area contributed by atoms with Crippen LogP contribution in [0.2, 0.25) is 15.1 Å². The van der Waals surface area contributed by atoms with Crippen molar-refractivity contribution in [3.05, 3.63) is 63.1 Å². The van der Waals surface area contributed by atoms with Gasteiger partial charge in [0.2, 0.25) is 0 Å². The number of halogens is 3. The maximum absolute atomic E-state index is 6.56. The summed E-state index contributed by atoms with van der Waals surface area (Å²) in [5, 5.41) is 2.04. The van der Waals surface area contributed by atoms with E-state index in [1.54, 1.807) is 13.2 Å². The number of benzene rings is 2. The Balaban J connectivity index is 2.06. The van der Waals surface area contributed by atoms with Gasteiger partial charge in [-0.25, -0.2) is 0 Å². The highest BCUT2D eigenvalue weighted by Gasteiger charge is 2.37. The third-order valence-electron chi connectivity index (χ3n) is 4.74. The summed E-state index contributed by atoms with van der Waals surface area (Å²) in [5.74, 6) is 0. The minimum atomic E-state index is 0.0599. The van der Waals surface area contributed by atoms with Gasteiger partial charge in [-0.05, 0) is 49.0 Å². The lowest BCUT2D eigenvalue weighted by Crippen LogP contribution is -2.55. The summed E-state index contributed by atoms with van der Waals surface area (Å²) >= 11 is 18.7. The van der Waals surface area contributed by atoms with Gasteiger partial charge in [0.15, 0.2) is 0 Å². The van der Waals surface area contributed by atoms with E-state index in [0.717, 1.165) is 29.4 Å². The lowest BCUT2D eigenvalue weighted by Gasteiger charge is -2.47. The van der Waals surface area contributed by atoms with Gasteiger partial charge < -0.3 is 9.64 Å². The van der Waals surface area contributed by atoms with Gasteiger partial charge >= 0.3 is 0 Å². The molecule has 2 aromatic carbocycles. The number of hydrogen-bond acceptors (Lipinski definition) is 3. The van der Waals surface area contributed by atoms with Crippen molar-refractivity contribution in [3.63, 3.8) is 0 Å². The summed E-state index contributed by atoms with van der Waals surface area (Å²) < 4.78 is 5.51. The van der Waals surface area contributed by atoms with Crippen LogP contribution >= 0.6 is 34.8 Å². The van der Waals surface area contributed by atoms with Crippen LogP contribution < -0.4 is 4.90 Å². The molecule has 6 heteroatoms. The summed E-state index contributed by atoms with van der Waals surface area (Å²) in [7, 11) is 3.86. The fraction of sp³-hybridized carbons (Fsp3) is 0.368. The summed E-state index contributed by atoms with van der Waals surface area (Å²) in [5.41, 5.74) is 2.17. The maximum Gasteiger partial charge on any atom is 0.0735 e. The van der Waals surface area contributed by atoms with Gasteiger partial charge in [-0.15, -0.1) is 0 Å². The lowest BCUT2D eigenvalue weighted by atomic mass is 9.93. The topological polar surface area (TPSA) is 15.7 Å². The molecule has 2 aromatic rings. The molecule has 0 radical (unpaired) electrons. The molecule has 1 aliphatic rings. The van der Waals surface area contributed by atoms with Crippen molar-refractivity contribution in [1.82, 2.24) is 4.90 Å². The predicted molar refractivity (Wildman–Crippen MR) is 106 cm³/mol. The zero-order valence-electron chi connectivity index (χ0n) is 14.3. The molecule has 1 aliphatic heterocycles. The first kappa shape index (κ1) is 18.8. The first-order valence-electron chi connectivity index (χ1n) is 8.17. The van der Waals surface area contributed by atoms with Crippen molar-refractivity contribution in [2.24, 2.45) is 0 Å². The second kappa shape index (κ2) is 8.15. The standard InChI is InChI=1S/C19H21Cl3N2O/c1-23-9-10-24(15-6-3-13(20)4-7-15)19(18(23)12-25-2)16-8-5-14(21)11-17(16)22/h3-8,11,18-19H,9-10,12H2,1-2H3. The molecule has 3 rings (SSSR count). The number of methoxy groups -OCH3 is 1. The molecule has 1 fully saturated rings. The minimum Gasteiger partial charge on any atom is -0.383 e. The highest BCUT2D eigenvalue weighted by Crippen LogP contribution is 2.38. The quantitative estimate of drug-likeness (QED) is 0.706. The van der Waals surface area contributed by atoms with Crippen molar-refractivity contribution in [2.75, 3.05) is 38.8 Å². The van der Waals surface area contributed by atoms with Crippen LogP contribution in [0.5, 0.6) is 0 Å². The van der Waals surface area contributed by atoms with E-state index < -0.39 is 0 Å². The first-order valence-corrected chi connectivity index (χ1v) is 9.31. The highest BCUT2D eigenvalue weighted by molar-refractivity contribution is 6.35. The van der Waals surface area contributed by atoms with E-state index in [-0.39, 0.29) is 12.1 Å². The Hall–Kier alpha value is -0.970. The van der Waals surface area contributed by atoms with Crippen LogP contribution in [0, 0.1) is 0 Å². The second-order valence-corrected chi connectivity index (χ2v) is 7.56. The highest BCUT2D eigenvalue weighted by atomic mass is 35.5. The smallest absolute Gasteiger partial charge is 0.0735 e. The van der Waals surface area contributed by atoms with Crippen LogP contribution in [-0.2, 0) is 4.74 Å². The van der Waals surface area contributed by atoms with Gasteiger partial charge in [0, 0.05) is 41.0 Å². The van der Waals surface area contributed by atoms with Gasteiger partial charge in [-0.2, -0.15) is 0 Å². The van der Waals surface area contributed by atoms with Crippen LogP contribution in [0.3, 0.4) is 0 Å². The fourth-order valence-corrected chi connectivity index (χ4v) is 4.09. The van der Waals surface area contributed by atoms with Gasteiger partial charge in [0.1, 0.15) is 0 Å². The number of anilines is 1. The van der Waals surface area contributed by atoms with Crippen LogP contribution in [-0.4, -0.2) is 44.8 Å². The Morgan fingerprint density at radius 1 is 1.00 bits per heavy atom.